The third-order valence-electron chi connectivity index (χ3n) is 3.95. The normalized spacial score (nSPS) is 24.5. The maximum atomic E-state index is 12.7. The highest BCUT2D eigenvalue weighted by atomic mass is 35.5. The quantitative estimate of drug-likeness (QED) is 0.906. The lowest BCUT2D eigenvalue weighted by molar-refractivity contribution is -0.132. The molecule has 1 amide bonds. The lowest BCUT2D eigenvalue weighted by atomic mass is 9.95. The number of halogens is 1. The van der Waals surface area contributed by atoms with E-state index in [-0.39, 0.29) is 23.0 Å². The molecule has 1 saturated heterocycles. The molecule has 0 aromatic heterocycles. The molecule has 20 heavy (non-hydrogen) atoms. The molecule has 2 aliphatic rings. The molecule has 1 unspecified atom stereocenters. The van der Waals surface area contributed by atoms with Gasteiger partial charge in [0.05, 0.1) is 0 Å². The molecule has 3 rings (SSSR count). The van der Waals surface area contributed by atoms with Gasteiger partial charge in [-0.15, -0.1) is 0 Å². The van der Waals surface area contributed by atoms with E-state index in [0.29, 0.717) is 5.02 Å². The van der Waals surface area contributed by atoms with E-state index in [4.69, 9.17) is 11.6 Å². The molecule has 1 aliphatic carbocycles. The summed E-state index contributed by atoms with van der Waals surface area (Å²) < 4.78 is 0. The zero-order valence-corrected chi connectivity index (χ0v) is 13.0. The summed E-state index contributed by atoms with van der Waals surface area (Å²) in [6, 6.07) is 7.79. The number of nitrogens with zero attached hydrogens (tertiary/aromatic N) is 1. The second-order valence-electron chi connectivity index (χ2n) is 7.18. The first-order valence-corrected chi connectivity index (χ1v) is 7.53. The number of hydrogen-bond acceptors (Lipinski definition) is 2. The molecule has 3 nitrogen and oxygen atoms in total. The van der Waals surface area contributed by atoms with Gasteiger partial charge in [-0.25, -0.2) is 0 Å². The van der Waals surface area contributed by atoms with Crippen LogP contribution in [0.5, 0.6) is 0 Å². The smallest absolute Gasteiger partial charge is 0.244 e. The molecule has 1 spiro atoms. The zero-order valence-electron chi connectivity index (χ0n) is 12.2. The van der Waals surface area contributed by atoms with E-state index in [1.54, 1.807) is 0 Å². The fourth-order valence-corrected chi connectivity index (χ4v) is 3.09. The standard InChI is InChI=1S/C16H21ClN2O/c1-15(2,3)10-19-13(11-5-4-6-12(17)9-11)18-16(7-8-16)14(19)20/h4-6,9,13,18H,7-8,10H2,1-3H3. The summed E-state index contributed by atoms with van der Waals surface area (Å²) in [5.41, 5.74) is 0.853. The number of rotatable bonds is 2. The second-order valence-corrected chi connectivity index (χ2v) is 7.61. The Kier molecular flexibility index (Phi) is 3.11. The summed E-state index contributed by atoms with van der Waals surface area (Å²) in [4.78, 5) is 14.7. The maximum Gasteiger partial charge on any atom is 0.244 e. The Hall–Kier alpha value is -1.06. The molecular formula is C16H21ClN2O. The summed E-state index contributed by atoms with van der Waals surface area (Å²) in [7, 11) is 0. The van der Waals surface area contributed by atoms with E-state index in [1.807, 2.05) is 29.2 Å². The Morgan fingerprint density at radius 3 is 2.65 bits per heavy atom. The van der Waals surface area contributed by atoms with Crippen molar-refractivity contribution < 1.29 is 4.79 Å². The van der Waals surface area contributed by atoms with Crippen LogP contribution in [0.3, 0.4) is 0 Å². The monoisotopic (exact) mass is 292 g/mol. The van der Waals surface area contributed by atoms with Crippen molar-refractivity contribution in [3.05, 3.63) is 34.9 Å². The number of hydrogen-bond donors (Lipinski definition) is 1. The Balaban J connectivity index is 1.93. The van der Waals surface area contributed by atoms with Crippen molar-refractivity contribution in [3.63, 3.8) is 0 Å². The highest BCUT2D eigenvalue weighted by Gasteiger charge is 2.59. The number of amides is 1. The number of carbonyl (C=O) groups excluding carboxylic acids is 1. The van der Waals surface area contributed by atoms with E-state index in [9.17, 15) is 4.79 Å². The molecule has 1 heterocycles. The predicted molar refractivity (Wildman–Crippen MR) is 80.5 cm³/mol. The lowest BCUT2D eigenvalue weighted by Crippen LogP contribution is -2.38. The second kappa shape index (κ2) is 4.47. The molecule has 0 bridgehead atoms. The van der Waals surface area contributed by atoms with Gasteiger partial charge in [0.15, 0.2) is 0 Å². The van der Waals surface area contributed by atoms with Crippen molar-refractivity contribution in [2.45, 2.75) is 45.3 Å². The van der Waals surface area contributed by atoms with Gasteiger partial charge in [0.25, 0.3) is 0 Å². The van der Waals surface area contributed by atoms with Crippen LogP contribution in [0.1, 0.15) is 45.3 Å². The predicted octanol–water partition coefficient (Wildman–Crippen LogP) is 3.35. The Morgan fingerprint density at radius 1 is 1.40 bits per heavy atom. The third-order valence-corrected chi connectivity index (χ3v) is 4.19. The molecule has 1 aliphatic heterocycles. The van der Waals surface area contributed by atoms with E-state index in [1.165, 1.54) is 0 Å². The van der Waals surface area contributed by atoms with Gasteiger partial charge in [-0.05, 0) is 36.0 Å². The van der Waals surface area contributed by atoms with Gasteiger partial charge < -0.3 is 4.90 Å². The van der Waals surface area contributed by atoms with Gasteiger partial charge in [-0.2, -0.15) is 0 Å². The number of nitrogens with one attached hydrogen (secondary N) is 1. The Labute approximate surface area is 125 Å². The van der Waals surface area contributed by atoms with Crippen LogP contribution in [-0.2, 0) is 4.79 Å². The first kappa shape index (κ1) is 13.9. The molecule has 0 radical (unpaired) electrons. The molecular weight excluding hydrogens is 272 g/mol. The fourth-order valence-electron chi connectivity index (χ4n) is 2.89. The molecule has 4 heteroatoms. The minimum atomic E-state index is -0.293. The van der Waals surface area contributed by atoms with Gasteiger partial charge in [0, 0.05) is 11.6 Å². The van der Waals surface area contributed by atoms with Crippen LogP contribution in [0.4, 0.5) is 0 Å². The lowest BCUT2D eigenvalue weighted by Gasteiger charge is -2.31. The van der Waals surface area contributed by atoms with Crippen molar-refractivity contribution >= 4 is 17.5 Å². The van der Waals surface area contributed by atoms with Crippen LogP contribution >= 0.6 is 11.6 Å². The highest BCUT2D eigenvalue weighted by molar-refractivity contribution is 6.30. The van der Waals surface area contributed by atoms with Gasteiger partial charge in [0.2, 0.25) is 5.91 Å². The number of carbonyl (C=O) groups is 1. The molecule has 1 aromatic carbocycles. The van der Waals surface area contributed by atoms with Gasteiger partial charge >= 0.3 is 0 Å². The van der Waals surface area contributed by atoms with E-state index >= 15 is 0 Å². The van der Waals surface area contributed by atoms with E-state index < -0.39 is 0 Å². The van der Waals surface area contributed by atoms with Crippen LogP contribution < -0.4 is 5.32 Å². The van der Waals surface area contributed by atoms with Crippen molar-refractivity contribution in [2.24, 2.45) is 5.41 Å². The van der Waals surface area contributed by atoms with Crippen molar-refractivity contribution in [1.82, 2.24) is 10.2 Å². The minimum absolute atomic E-state index is 0.0528. The van der Waals surface area contributed by atoms with Crippen LogP contribution in [0.15, 0.2) is 24.3 Å². The molecule has 1 aromatic rings. The molecule has 1 N–H and O–H groups in total. The molecule has 108 valence electrons. The summed E-state index contributed by atoms with van der Waals surface area (Å²) >= 11 is 6.10. The molecule has 2 fully saturated rings. The largest absolute Gasteiger partial charge is 0.321 e. The average molecular weight is 293 g/mol. The average Bonchev–Trinajstić information content (AvgIpc) is 3.07. The SMILES string of the molecule is CC(C)(C)CN1C(=O)C2(CC2)NC1c1cccc(Cl)c1. The Morgan fingerprint density at radius 2 is 2.10 bits per heavy atom. The Bertz CT molecular complexity index is 546. The summed E-state index contributed by atoms with van der Waals surface area (Å²) in [6.45, 7) is 7.23. The van der Waals surface area contributed by atoms with E-state index in [2.05, 4.69) is 26.1 Å². The number of benzene rings is 1. The topological polar surface area (TPSA) is 32.3 Å². The summed E-state index contributed by atoms with van der Waals surface area (Å²) in [5, 5.41) is 4.24. The van der Waals surface area contributed by atoms with Gasteiger partial charge in [-0.3, -0.25) is 10.1 Å². The fraction of sp³-hybridized carbons (Fsp3) is 0.562. The van der Waals surface area contributed by atoms with Crippen molar-refractivity contribution in [2.75, 3.05) is 6.54 Å². The first-order chi connectivity index (χ1) is 9.31. The molecule has 1 atom stereocenters. The first-order valence-electron chi connectivity index (χ1n) is 7.15. The maximum absolute atomic E-state index is 12.7. The highest BCUT2D eigenvalue weighted by Crippen LogP contribution is 2.46. The molecule has 1 saturated carbocycles. The van der Waals surface area contributed by atoms with E-state index in [0.717, 1.165) is 24.9 Å². The minimum Gasteiger partial charge on any atom is -0.321 e. The van der Waals surface area contributed by atoms with Crippen LogP contribution in [-0.4, -0.2) is 22.9 Å². The van der Waals surface area contributed by atoms with Crippen molar-refractivity contribution in [3.8, 4) is 0 Å². The third kappa shape index (κ3) is 2.45. The van der Waals surface area contributed by atoms with Crippen LogP contribution in [0, 0.1) is 5.41 Å². The van der Waals surface area contributed by atoms with Gasteiger partial charge in [0.1, 0.15) is 11.7 Å². The zero-order chi connectivity index (χ0) is 14.5. The van der Waals surface area contributed by atoms with Gasteiger partial charge in [-0.1, -0.05) is 44.5 Å². The summed E-state index contributed by atoms with van der Waals surface area (Å²) in [6.07, 6.45) is 1.84. The van der Waals surface area contributed by atoms with Crippen molar-refractivity contribution in [1.29, 1.82) is 0 Å². The van der Waals surface area contributed by atoms with Crippen LogP contribution in [0.2, 0.25) is 5.02 Å². The summed E-state index contributed by atoms with van der Waals surface area (Å²) in [5.74, 6) is 0.248. The van der Waals surface area contributed by atoms with Crippen LogP contribution in [0.25, 0.3) is 0 Å².